The minimum absolute atomic E-state index is 0.101. The maximum atomic E-state index is 12.6. The lowest BCUT2D eigenvalue weighted by molar-refractivity contribution is -0.122. The molecule has 2 aromatic rings. The van der Waals surface area contributed by atoms with Gasteiger partial charge in [-0.3, -0.25) is 14.4 Å². The monoisotopic (exact) mass is 365 g/mol. The van der Waals surface area contributed by atoms with Gasteiger partial charge >= 0.3 is 0 Å². The smallest absolute Gasteiger partial charge is 0.229 e. The van der Waals surface area contributed by atoms with Gasteiger partial charge < -0.3 is 15.5 Å². The van der Waals surface area contributed by atoms with E-state index in [0.717, 1.165) is 16.8 Å². The second-order valence-electron chi connectivity index (χ2n) is 7.00. The lowest BCUT2D eigenvalue weighted by atomic mass is 10.1. The van der Waals surface area contributed by atoms with Crippen molar-refractivity contribution in [2.45, 2.75) is 27.2 Å². The summed E-state index contributed by atoms with van der Waals surface area (Å²) in [6.07, 6.45) is 0.168. The second kappa shape index (κ2) is 7.61. The van der Waals surface area contributed by atoms with E-state index in [4.69, 9.17) is 0 Å². The van der Waals surface area contributed by atoms with Gasteiger partial charge in [0.15, 0.2) is 0 Å². The molecule has 0 bridgehead atoms. The summed E-state index contributed by atoms with van der Waals surface area (Å²) in [6.45, 7) is 5.71. The molecule has 1 saturated heterocycles. The predicted octanol–water partition coefficient (Wildman–Crippen LogP) is 3.25. The molecule has 3 rings (SSSR count). The molecule has 1 fully saturated rings. The van der Waals surface area contributed by atoms with Gasteiger partial charge in [0.05, 0.1) is 5.92 Å². The molecule has 1 aliphatic rings. The first-order valence-electron chi connectivity index (χ1n) is 8.89. The third-order valence-corrected chi connectivity index (χ3v) is 4.46. The van der Waals surface area contributed by atoms with Crippen molar-refractivity contribution in [3.63, 3.8) is 0 Å². The summed E-state index contributed by atoms with van der Waals surface area (Å²) in [4.78, 5) is 37.9. The number of carbonyl (C=O) groups is 3. The van der Waals surface area contributed by atoms with Crippen LogP contribution in [0.3, 0.4) is 0 Å². The van der Waals surface area contributed by atoms with Crippen LogP contribution in [0.15, 0.2) is 42.5 Å². The topological polar surface area (TPSA) is 78.5 Å². The molecule has 140 valence electrons. The Bertz CT molecular complexity index is 887. The van der Waals surface area contributed by atoms with Gasteiger partial charge in [0, 0.05) is 37.0 Å². The fourth-order valence-corrected chi connectivity index (χ4v) is 3.38. The number of nitrogens with zero attached hydrogens (tertiary/aromatic N) is 1. The fourth-order valence-electron chi connectivity index (χ4n) is 3.38. The minimum atomic E-state index is -0.414. The van der Waals surface area contributed by atoms with Gasteiger partial charge in [-0.25, -0.2) is 0 Å². The van der Waals surface area contributed by atoms with Crippen LogP contribution in [0.1, 0.15) is 24.5 Å². The summed E-state index contributed by atoms with van der Waals surface area (Å²) in [7, 11) is 0. The zero-order valence-corrected chi connectivity index (χ0v) is 15.7. The van der Waals surface area contributed by atoms with Crippen molar-refractivity contribution in [1.82, 2.24) is 0 Å². The number of benzene rings is 2. The van der Waals surface area contributed by atoms with Crippen LogP contribution in [-0.2, 0) is 14.4 Å². The predicted molar refractivity (Wildman–Crippen MR) is 106 cm³/mol. The quantitative estimate of drug-likeness (QED) is 0.873. The molecule has 0 radical (unpaired) electrons. The molecule has 1 unspecified atom stereocenters. The van der Waals surface area contributed by atoms with Crippen LogP contribution in [0.25, 0.3) is 0 Å². The summed E-state index contributed by atoms with van der Waals surface area (Å²) >= 11 is 0. The molecule has 0 spiro atoms. The van der Waals surface area contributed by atoms with E-state index in [-0.39, 0.29) is 24.1 Å². The van der Waals surface area contributed by atoms with Crippen molar-refractivity contribution >= 4 is 34.8 Å². The maximum Gasteiger partial charge on any atom is 0.229 e. The van der Waals surface area contributed by atoms with E-state index < -0.39 is 5.92 Å². The van der Waals surface area contributed by atoms with Gasteiger partial charge in [-0.05, 0) is 55.3 Å². The number of anilines is 3. The molecule has 6 heteroatoms. The van der Waals surface area contributed by atoms with Crippen LogP contribution < -0.4 is 15.5 Å². The van der Waals surface area contributed by atoms with E-state index in [1.165, 1.54) is 6.92 Å². The average Bonchev–Trinajstić information content (AvgIpc) is 2.95. The van der Waals surface area contributed by atoms with Gasteiger partial charge in [0.25, 0.3) is 0 Å². The molecule has 2 N–H and O–H groups in total. The Kier molecular flexibility index (Phi) is 5.26. The summed E-state index contributed by atoms with van der Waals surface area (Å²) in [6, 6.07) is 12.9. The van der Waals surface area contributed by atoms with Crippen LogP contribution >= 0.6 is 0 Å². The molecule has 0 aliphatic carbocycles. The highest BCUT2D eigenvalue weighted by Crippen LogP contribution is 2.28. The van der Waals surface area contributed by atoms with Crippen molar-refractivity contribution in [3.8, 4) is 0 Å². The summed E-state index contributed by atoms with van der Waals surface area (Å²) in [5, 5.41) is 5.63. The van der Waals surface area contributed by atoms with Crippen molar-refractivity contribution in [1.29, 1.82) is 0 Å². The SMILES string of the molecule is CC(=O)Nc1cccc(N2CC(C(=O)Nc3cc(C)cc(C)c3)CC2=O)c1. The highest BCUT2D eigenvalue weighted by molar-refractivity contribution is 6.04. The zero-order valence-electron chi connectivity index (χ0n) is 15.7. The van der Waals surface area contributed by atoms with Gasteiger partial charge in [0.1, 0.15) is 0 Å². The van der Waals surface area contributed by atoms with E-state index in [2.05, 4.69) is 10.6 Å². The van der Waals surface area contributed by atoms with E-state index in [9.17, 15) is 14.4 Å². The van der Waals surface area contributed by atoms with Gasteiger partial charge in [-0.2, -0.15) is 0 Å². The number of carbonyl (C=O) groups excluding carboxylic acids is 3. The van der Waals surface area contributed by atoms with Crippen LogP contribution in [-0.4, -0.2) is 24.3 Å². The molecule has 1 atom stereocenters. The Morgan fingerprint density at radius 2 is 1.70 bits per heavy atom. The Hall–Kier alpha value is -3.15. The Morgan fingerprint density at radius 1 is 1.00 bits per heavy atom. The lowest BCUT2D eigenvalue weighted by Crippen LogP contribution is -2.28. The molecule has 3 amide bonds. The van der Waals surface area contributed by atoms with E-state index >= 15 is 0 Å². The molecule has 6 nitrogen and oxygen atoms in total. The molecule has 0 aromatic heterocycles. The van der Waals surface area contributed by atoms with Gasteiger partial charge in [0.2, 0.25) is 17.7 Å². The molecule has 0 saturated carbocycles. The maximum absolute atomic E-state index is 12.6. The summed E-state index contributed by atoms with van der Waals surface area (Å²) in [5.41, 5.74) is 4.19. The number of rotatable bonds is 4. The zero-order chi connectivity index (χ0) is 19.6. The number of aryl methyl sites for hydroxylation is 2. The van der Waals surface area contributed by atoms with E-state index in [1.54, 1.807) is 29.2 Å². The van der Waals surface area contributed by atoms with Crippen molar-refractivity contribution in [3.05, 3.63) is 53.6 Å². The number of hydrogen-bond donors (Lipinski definition) is 2. The normalized spacial score (nSPS) is 16.3. The molecule has 1 heterocycles. The van der Waals surface area contributed by atoms with Crippen LogP contribution in [0, 0.1) is 19.8 Å². The van der Waals surface area contributed by atoms with E-state index in [1.807, 2.05) is 32.0 Å². The number of amides is 3. The van der Waals surface area contributed by atoms with Crippen molar-refractivity contribution < 1.29 is 14.4 Å². The third kappa shape index (κ3) is 4.53. The Morgan fingerprint density at radius 3 is 2.37 bits per heavy atom. The van der Waals surface area contributed by atoms with Crippen molar-refractivity contribution in [2.24, 2.45) is 5.92 Å². The number of hydrogen-bond acceptors (Lipinski definition) is 3. The molecular formula is C21H23N3O3. The Balaban J connectivity index is 1.71. The molecule has 2 aromatic carbocycles. The first-order valence-corrected chi connectivity index (χ1v) is 8.89. The van der Waals surface area contributed by atoms with Crippen LogP contribution in [0.5, 0.6) is 0 Å². The summed E-state index contributed by atoms with van der Waals surface area (Å²) < 4.78 is 0. The van der Waals surface area contributed by atoms with E-state index in [0.29, 0.717) is 17.9 Å². The Labute approximate surface area is 158 Å². The first-order chi connectivity index (χ1) is 12.8. The largest absolute Gasteiger partial charge is 0.326 e. The highest BCUT2D eigenvalue weighted by atomic mass is 16.2. The van der Waals surface area contributed by atoms with Crippen molar-refractivity contribution in [2.75, 3.05) is 22.1 Å². The molecule has 1 aliphatic heterocycles. The fraction of sp³-hybridized carbons (Fsp3) is 0.286. The third-order valence-electron chi connectivity index (χ3n) is 4.46. The lowest BCUT2D eigenvalue weighted by Gasteiger charge is -2.18. The first kappa shape index (κ1) is 18.6. The highest BCUT2D eigenvalue weighted by Gasteiger charge is 2.35. The summed E-state index contributed by atoms with van der Waals surface area (Å²) in [5.74, 6) is -0.849. The minimum Gasteiger partial charge on any atom is -0.326 e. The van der Waals surface area contributed by atoms with Gasteiger partial charge in [-0.1, -0.05) is 12.1 Å². The number of nitrogens with one attached hydrogen (secondary N) is 2. The standard InChI is InChI=1S/C21H23N3O3/c1-13-7-14(2)9-18(8-13)23-21(27)16-10-20(26)24(12-16)19-6-4-5-17(11-19)22-15(3)25/h4-9,11,16H,10,12H2,1-3H3,(H,22,25)(H,23,27). The van der Waals surface area contributed by atoms with Crippen LogP contribution in [0.2, 0.25) is 0 Å². The van der Waals surface area contributed by atoms with Crippen LogP contribution in [0.4, 0.5) is 17.1 Å². The molecule has 27 heavy (non-hydrogen) atoms. The van der Waals surface area contributed by atoms with Gasteiger partial charge in [-0.15, -0.1) is 0 Å². The average molecular weight is 365 g/mol. The second-order valence-corrected chi connectivity index (χ2v) is 7.00. The molecular weight excluding hydrogens is 342 g/mol.